The number of alkyl halides is 3. The van der Waals surface area contributed by atoms with E-state index in [1.165, 1.54) is 19.1 Å². The lowest BCUT2D eigenvalue weighted by Crippen LogP contribution is -2.40. The molecule has 0 aromatic heterocycles. The van der Waals surface area contributed by atoms with Crippen LogP contribution in [0.2, 0.25) is 0 Å². The molecular weight excluding hydrogens is 297 g/mol. The molecule has 0 aliphatic heterocycles. The molecule has 20 heavy (non-hydrogen) atoms. The molecular formula is C11H11F3N2O3S. The third kappa shape index (κ3) is 3.93. The predicted molar refractivity (Wildman–Crippen MR) is 63.1 cm³/mol. The zero-order valence-electron chi connectivity index (χ0n) is 10.3. The third-order valence-electron chi connectivity index (χ3n) is 2.44. The van der Waals surface area contributed by atoms with Gasteiger partial charge >= 0.3 is 6.18 Å². The number of sulfonamides is 1. The number of aliphatic hydroxyl groups is 1. The molecule has 1 aromatic carbocycles. The maximum absolute atomic E-state index is 12.1. The highest BCUT2D eigenvalue weighted by Gasteiger charge is 2.38. The minimum atomic E-state index is -4.90. The van der Waals surface area contributed by atoms with Crippen LogP contribution in [-0.4, -0.2) is 32.3 Å². The van der Waals surface area contributed by atoms with Gasteiger partial charge < -0.3 is 5.11 Å². The van der Waals surface area contributed by atoms with Crippen molar-refractivity contribution in [1.29, 1.82) is 5.26 Å². The monoisotopic (exact) mass is 308 g/mol. The van der Waals surface area contributed by atoms with Crippen molar-refractivity contribution < 1.29 is 26.7 Å². The molecule has 2 N–H and O–H groups in total. The van der Waals surface area contributed by atoms with Gasteiger partial charge in [0.05, 0.1) is 16.5 Å². The number of nitrogens with zero attached hydrogens (tertiary/aromatic N) is 1. The molecule has 9 heteroatoms. The molecule has 1 unspecified atom stereocenters. The van der Waals surface area contributed by atoms with Crippen molar-refractivity contribution >= 4 is 10.0 Å². The fourth-order valence-corrected chi connectivity index (χ4v) is 2.67. The lowest BCUT2D eigenvalue weighted by Gasteiger charge is -2.15. The van der Waals surface area contributed by atoms with Gasteiger partial charge in [-0.05, 0) is 30.7 Å². The van der Waals surface area contributed by atoms with Crippen LogP contribution in [0.3, 0.4) is 0 Å². The van der Waals surface area contributed by atoms with E-state index in [-0.39, 0.29) is 16.0 Å². The standard InChI is InChI=1S/C11H11F3N2O3S/c1-7-4-8(5-15)2-3-9(7)20(18,19)16-6-10(17)11(12,13)14/h2-4,10,16-17H,6H2,1H3. The molecule has 1 aromatic rings. The number of halogens is 3. The number of hydrogen-bond acceptors (Lipinski definition) is 4. The fraction of sp³-hybridized carbons (Fsp3) is 0.364. The summed E-state index contributed by atoms with van der Waals surface area (Å²) >= 11 is 0. The molecule has 0 radical (unpaired) electrons. The highest BCUT2D eigenvalue weighted by molar-refractivity contribution is 7.89. The molecule has 0 fully saturated rings. The van der Waals surface area contributed by atoms with Gasteiger partial charge in [-0.15, -0.1) is 0 Å². The van der Waals surface area contributed by atoms with Crippen molar-refractivity contribution in [3.05, 3.63) is 29.3 Å². The first-order valence-corrected chi connectivity index (χ1v) is 6.81. The Labute approximate surface area is 113 Å². The van der Waals surface area contributed by atoms with Gasteiger partial charge in [0.15, 0.2) is 6.10 Å². The normalized spacial score (nSPS) is 13.8. The first-order valence-electron chi connectivity index (χ1n) is 5.33. The highest BCUT2D eigenvalue weighted by Crippen LogP contribution is 2.20. The minimum absolute atomic E-state index is 0.220. The molecule has 0 saturated carbocycles. The lowest BCUT2D eigenvalue weighted by atomic mass is 10.2. The summed E-state index contributed by atoms with van der Waals surface area (Å²) in [7, 11) is -4.19. The number of aliphatic hydroxyl groups excluding tert-OH is 1. The first kappa shape index (κ1) is 16.4. The molecule has 0 spiro atoms. The third-order valence-corrected chi connectivity index (χ3v) is 4.02. The van der Waals surface area contributed by atoms with Gasteiger partial charge in [-0.3, -0.25) is 0 Å². The maximum Gasteiger partial charge on any atom is 0.415 e. The van der Waals surface area contributed by atoms with Gasteiger partial charge in [0.2, 0.25) is 10.0 Å². The van der Waals surface area contributed by atoms with Crippen LogP contribution < -0.4 is 4.72 Å². The van der Waals surface area contributed by atoms with Crippen molar-refractivity contribution in [1.82, 2.24) is 4.72 Å². The molecule has 110 valence electrons. The predicted octanol–water partition coefficient (Wildman–Crippen LogP) is 1.07. The molecule has 0 heterocycles. The minimum Gasteiger partial charge on any atom is -0.382 e. The number of aryl methyl sites for hydroxylation is 1. The van der Waals surface area contributed by atoms with Gasteiger partial charge in [-0.2, -0.15) is 18.4 Å². The SMILES string of the molecule is Cc1cc(C#N)ccc1S(=O)(=O)NCC(O)C(F)(F)F. The van der Waals surface area contributed by atoms with Gasteiger partial charge in [-0.1, -0.05) is 0 Å². The quantitative estimate of drug-likeness (QED) is 0.870. The average Bonchev–Trinajstić information content (AvgIpc) is 2.34. The van der Waals surface area contributed by atoms with Crippen LogP contribution in [0.1, 0.15) is 11.1 Å². The Morgan fingerprint density at radius 2 is 2.05 bits per heavy atom. The average molecular weight is 308 g/mol. The second-order valence-electron chi connectivity index (χ2n) is 4.00. The second-order valence-corrected chi connectivity index (χ2v) is 5.74. The van der Waals surface area contributed by atoms with E-state index >= 15 is 0 Å². The summed E-state index contributed by atoms with van der Waals surface area (Å²) in [6, 6.07) is 5.47. The lowest BCUT2D eigenvalue weighted by molar-refractivity contribution is -0.200. The van der Waals surface area contributed by atoms with Crippen LogP contribution in [0.15, 0.2) is 23.1 Å². The number of benzene rings is 1. The summed E-state index contributed by atoms with van der Waals surface area (Å²) in [6.07, 6.45) is -7.68. The molecule has 1 atom stereocenters. The molecule has 0 bridgehead atoms. The van der Waals surface area contributed by atoms with E-state index in [0.29, 0.717) is 0 Å². The van der Waals surface area contributed by atoms with Crippen molar-refractivity contribution in [2.24, 2.45) is 0 Å². The van der Waals surface area contributed by atoms with E-state index in [2.05, 4.69) is 0 Å². The van der Waals surface area contributed by atoms with E-state index < -0.39 is 28.8 Å². The van der Waals surface area contributed by atoms with E-state index in [1.807, 2.05) is 6.07 Å². The second kappa shape index (κ2) is 5.78. The zero-order valence-corrected chi connectivity index (χ0v) is 11.1. The van der Waals surface area contributed by atoms with E-state index in [1.54, 1.807) is 4.72 Å². The van der Waals surface area contributed by atoms with Gasteiger partial charge in [0.25, 0.3) is 0 Å². The van der Waals surface area contributed by atoms with Crippen molar-refractivity contribution in [2.45, 2.75) is 24.1 Å². The smallest absolute Gasteiger partial charge is 0.382 e. The number of nitriles is 1. The Balaban J connectivity index is 2.93. The van der Waals surface area contributed by atoms with Crippen molar-refractivity contribution in [2.75, 3.05) is 6.54 Å². The summed E-state index contributed by atoms with van der Waals surface area (Å²) < 4.78 is 61.6. The summed E-state index contributed by atoms with van der Waals surface area (Å²) in [5.74, 6) is 0. The molecule has 5 nitrogen and oxygen atoms in total. The number of hydrogen-bond donors (Lipinski definition) is 2. The van der Waals surface area contributed by atoms with Gasteiger partial charge in [0, 0.05) is 6.54 Å². The van der Waals surface area contributed by atoms with E-state index in [0.717, 1.165) is 6.07 Å². The zero-order chi connectivity index (χ0) is 15.6. The van der Waals surface area contributed by atoms with Crippen LogP contribution in [-0.2, 0) is 10.0 Å². The summed E-state index contributed by atoms with van der Waals surface area (Å²) in [5, 5.41) is 17.4. The highest BCUT2D eigenvalue weighted by atomic mass is 32.2. The first-order chi connectivity index (χ1) is 9.08. The topological polar surface area (TPSA) is 90.2 Å². The van der Waals surface area contributed by atoms with Crippen LogP contribution in [0.25, 0.3) is 0 Å². The Morgan fingerprint density at radius 1 is 1.45 bits per heavy atom. The molecule has 0 amide bonds. The van der Waals surface area contributed by atoms with Crippen LogP contribution in [0.5, 0.6) is 0 Å². The number of rotatable bonds is 4. The summed E-state index contributed by atoms with van der Waals surface area (Å²) in [4.78, 5) is -0.245. The van der Waals surface area contributed by atoms with Gasteiger partial charge in [-0.25, -0.2) is 13.1 Å². The Hall–Kier alpha value is -1.63. The summed E-state index contributed by atoms with van der Waals surface area (Å²) in [6.45, 7) is 0.237. The molecule has 0 saturated heterocycles. The Bertz CT molecular complexity index is 635. The molecule has 1 rings (SSSR count). The Kier molecular flexibility index (Phi) is 4.75. The fourth-order valence-electron chi connectivity index (χ4n) is 1.40. The molecule has 0 aliphatic rings. The van der Waals surface area contributed by atoms with Crippen LogP contribution >= 0.6 is 0 Å². The van der Waals surface area contributed by atoms with E-state index in [4.69, 9.17) is 10.4 Å². The number of nitrogens with one attached hydrogen (secondary N) is 1. The largest absolute Gasteiger partial charge is 0.415 e. The van der Waals surface area contributed by atoms with Crippen LogP contribution in [0.4, 0.5) is 13.2 Å². The molecule has 0 aliphatic carbocycles. The van der Waals surface area contributed by atoms with Gasteiger partial charge in [0.1, 0.15) is 0 Å². The van der Waals surface area contributed by atoms with Crippen molar-refractivity contribution in [3.8, 4) is 6.07 Å². The van der Waals surface area contributed by atoms with Crippen molar-refractivity contribution in [3.63, 3.8) is 0 Å². The maximum atomic E-state index is 12.1. The van der Waals surface area contributed by atoms with Crippen LogP contribution in [0, 0.1) is 18.3 Å². The Morgan fingerprint density at radius 3 is 2.50 bits per heavy atom. The summed E-state index contributed by atoms with van der Waals surface area (Å²) in [5.41, 5.74) is 0.454. The van der Waals surface area contributed by atoms with E-state index in [9.17, 15) is 21.6 Å².